The summed E-state index contributed by atoms with van der Waals surface area (Å²) in [6.07, 6.45) is -1.10. The van der Waals surface area contributed by atoms with Gasteiger partial charge < -0.3 is 31.2 Å². The Kier molecular flexibility index (Phi) is 8.07. The molecule has 1 aliphatic heterocycles. The average molecular weight is 570 g/mol. The molecule has 0 amide bonds. The lowest BCUT2D eigenvalue weighted by Gasteiger charge is -2.23. The maximum Gasteiger partial charge on any atom is 0.433 e. The Balaban J connectivity index is 1.26. The molecule has 5 N–H and O–H groups in total. The van der Waals surface area contributed by atoms with Gasteiger partial charge in [-0.25, -0.2) is 4.98 Å². The van der Waals surface area contributed by atoms with Crippen LogP contribution in [0.3, 0.4) is 0 Å². The Bertz CT molecular complexity index is 1420. The highest BCUT2D eigenvalue weighted by Gasteiger charge is 2.47. The molecule has 2 atom stereocenters. The summed E-state index contributed by atoms with van der Waals surface area (Å²) in [6.45, 7) is 6.73. The van der Waals surface area contributed by atoms with E-state index in [9.17, 15) is 13.2 Å². The van der Waals surface area contributed by atoms with Crippen LogP contribution in [0, 0.1) is 5.41 Å². The Morgan fingerprint density at radius 1 is 1.07 bits per heavy atom. The van der Waals surface area contributed by atoms with Gasteiger partial charge in [-0.3, -0.25) is 0 Å². The molecular weight excluding hydrogens is 531 g/mol. The second-order valence-corrected chi connectivity index (χ2v) is 11.2. The molecule has 1 saturated carbocycles. The molecule has 7 nitrogen and oxygen atoms in total. The fourth-order valence-corrected chi connectivity index (χ4v) is 5.59. The first-order valence-electron chi connectivity index (χ1n) is 14.0. The van der Waals surface area contributed by atoms with Gasteiger partial charge in [0.2, 0.25) is 0 Å². The highest BCUT2D eigenvalue weighted by atomic mass is 19.4. The van der Waals surface area contributed by atoms with Gasteiger partial charge in [0.1, 0.15) is 28.8 Å². The lowest BCUT2D eigenvalue weighted by Crippen LogP contribution is -2.33. The highest BCUT2D eigenvalue weighted by molar-refractivity contribution is 5.88. The first-order valence-corrected chi connectivity index (χ1v) is 14.0. The van der Waals surface area contributed by atoms with E-state index in [1.807, 2.05) is 6.92 Å². The number of anilines is 1. The molecule has 1 spiro atoms. The van der Waals surface area contributed by atoms with Crippen LogP contribution in [0.1, 0.15) is 56.0 Å². The van der Waals surface area contributed by atoms with Crippen LogP contribution in [0.15, 0.2) is 60.0 Å². The van der Waals surface area contributed by atoms with E-state index in [1.54, 1.807) is 19.1 Å². The smallest absolute Gasteiger partial charge is 0.433 e. The van der Waals surface area contributed by atoms with Crippen LogP contribution in [0.4, 0.5) is 18.9 Å². The van der Waals surface area contributed by atoms with Crippen molar-refractivity contribution < 1.29 is 22.6 Å². The van der Waals surface area contributed by atoms with Crippen LogP contribution in [0.5, 0.6) is 5.75 Å². The Labute approximate surface area is 238 Å². The van der Waals surface area contributed by atoms with E-state index in [1.165, 1.54) is 44.7 Å². The maximum atomic E-state index is 13.3. The third-order valence-corrected chi connectivity index (χ3v) is 8.40. The third kappa shape index (κ3) is 6.23. The van der Waals surface area contributed by atoms with Gasteiger partial charge in [-0.1, -0.05) is 24.3 Å². The lowest BCUT2D eigenvalue weighted by atomic mass is 10.0. The minimum Gasteiger partial charge on any atom is -0.494 e. The predicted molar refractivity (Wildman–Crippen MR) is 154 cm³/mol. The van der Waals surface area contributed by atoms with E-state index in [0.29, 0.717) is 34.4 Å². The van der Waals surface area contributed by atoms with Crippen LogP contribution < -0.4 is 26.4 Å². The van der Waals surface area contributed by atoms with E-state index in [4.69, 9.17) is 20.9 Å². The summed E-state index contributed by atoms with van der Waals surface area (Å²) in [5, 5.41) is 3.93. The minimum absolute atomic E-state index is 0.0682. The molecule has 3 aromatic rings. The van der Waals surface area contributed by atoms with E-state index in [0.717, 1.165) is 18.2 Å². The zero-order valence-corrected chi connectivity index (χ0v) is 23.7. The summed E-state index contributed by atoms with van der Waals surface area (Å²) in [5.74, 6) is 0.661. The number of alkyl halides is 3. The fourth-order valence-electron chi connectivity index (χ4n) is 5.59. The van der Waals surface area contributed by atoms with Gasteiger partial charge in [0.05, 0.1) is 19.4 Å². The van der Waals surface area contributed by atoms with E-state index in [-0.39, 0.29) is 23.9 Å². The Hall–Kier alpha value is -3.50. The standard InChI is InChI=1S/C31H38F3N5O2/c1-19(37-17-21-4-6-22(7-5-21)39-15-14-30(18-39)12-13-30)28(36)26(16-35)41-20(2)23-8-10-25(40-3)29-24(23)9-11-27(38-29)31(32,33)34/h4-11,19-20,37H,12-18,35-36H2,1-3H3/b28-26-. The SMILES string of the molecule is COc1ccc(C(C)O/C(CN)=C(\N)C(C)NCc2ccc(N3CCC4(CC4)C3)cc2)c2ccc(C(F)(F)F)nc12. The number of aromatic nitrogens is 1. The number of nitrogens with one attached hydrogen (secondary N) is 1. The van der Waals surface area contributed by atoms with Crippen LogP contribution in [0.25, 0.3) is 10.9 Å². The largest absolute Gasteiger partial charge is 0.494 e. The molecule has 0 radical (unpaired) electrons. The van der Waals surface area contributed by atoms with Crippen LogP contribution in [-0.2, 0) is 17.5 Å². The second-order valence-electron chi connectivity index (χ2n) is 11.2. The van der Waals surface area contributed by atoms with Crippen molar-refractivity contribution in [2.24, 2.45) is 16.9 Å². The molecule has 2 unspecified atom stereocenters. The molecule has 1 aromatic heterocycles. The number of ether oxygens (including phenoxy) is 2. The van der Waals surface area contributed by atoms with Crippen molar-refractivity contribution in [1.29, 1.82) is 0 Å². The summed E-state index contributed by atoms with van der Waals surface area (Å²) < 4.78 is 51.4. The maximum absolute atomic E-state index is 13.3. The molecule has 10 heteroatoms. The summed E-state index contributed by atoms with van der Waals surface area (Å²) in [5.41, 5.74) is 15.7. The zero-order valence-electron chi connectivity index (χ0n) is 23.7. The number of rotatable bonds is 10. The van der Waals surface area contributed by atoms with Crippen molar-refractivity contribution in [2.75, 3.05) is 31.6 Å². The van der Waals surface area contributed by atoms with E-state index < -0.39 is 18.0 Å². The second kappa shape index (κ2) is 11.4. The number of pyridine rings is 1. The van der Waals surface area contributed by atoms with Gasteiger partial charge in [0.15, 0.2) is 0 Å². The molecule has 1 aliphatic carbocycles. The predicted octanol–water partition coefficient (Wildman–Crippen LogP) is 5.64. The normalized spacial score (nSPS) is 18.4. The number of hydrogen-bond donors (Lipinski definition) is 3. The van der Waals surface area contributed by atoms with Crippen LogP contribution in [0.2, 0.25) is 0 Å². The van der Waals surface area contributed by atoms with Crippen LogP contribution >= 0.6 is 0 Å². The van der Waals surface area contributed by atoms with E-state index in [2.05, 4.69) is 39.5 Å². The first kappa shape index (κ1) is 29.0. The third-order valence-electron chi connectivity index (χ3n) is 8.40. The zero-order chi connectivity index (χ0) is 29.4. The van der Waals surface area contributed by atoms with Crippen molar-refractivity contribution in [1.82, 2.24) is 10.3 Å². The summed E-state index contributed by atoms with van der Waals surface area (Å²) >= 11 is 0. The quantitative estimate of drug-likeness (QED) is 0.272. The number of halogens is 3. The van der Waals surface area contributed by atoms with Gasteiger partial charge in [0.25, 0.3) is 0 Å². The summed E-state index contributed by atoms with van der Waals surface area (Å²) in [4.78, 5) is 6.32. The minimum atomic E-state index is -4.57. The van der Waals surface area contributed by atoms with Gasteiger partial charge in [-0.15, -0.1) is 0 Å². The van der Waals surface area contributed by atoms with Gasteiger partial charge in [-0.05, 0) is 68.4 Å². The fraction of sp³-hybridized carbons (Fsp3) is 0.452. The molecule has 5 rings (SSSR count). The van der Waals surface area contributed by atoms with Gasteiger partial charge >= 0.3 is 6.18 Å². The molecular formula is C31H38F3N5O2. The highest BCUT2D eigenvalue weighted by Crippen LogP contribution is 2.53. The number of hydrogen-bond acceptors (Lipinski definition) is 7. The topological polar surface area (TPSA) is 98.7 Å². The molecule has 0 bridgehead atoms. The van der Waals surface area contributed by atoms with Crippen molar-refractivity contribution >= 4 is 16.6 Å². The average Bonchev–Trinajstić information content (AvgIpc) is 3.60. The number of fused-ring (bicyclic) bond motifs is 1. The van der Waals surface area contributed by atoms with Gasteiger partial charge in [0, 0.05) is 42.3 Å². The molecule has 2 heterocycles. The Morgan fingerprint density at radius 3 is 2.41 bits per heavy atom. The lowest BCUT2D eigenvalue weighted by molar-refractivity contribution is -0.140. The summed E-state index contributed by atoms with van der Waals surface area (Å²) in [6, 6.07) is 14.1. The Morgan fingerprint density at radius 2 is 1.80 bits per heavy atom. The monoisotopic (exact) mass is 569 g/mol. The van der Waals surface area contributed by atoms with Crippen molar-refractivity contribution in [3.05, 3.63) is 76.8 Å². The molecule has 41 heavy (non-hydrogen) atoms. The van der Waals surface area contributed by atoms with Crippen LogP contribution in [-0.4, -0.2) is 37.8 Å². The van der Waals surface area contributed by atoms with Crippen molar-refractivity contribution in [3.63, 3.8) is 0 Å². The summed E-state index contributed by atoms with van der Waals surface area (Å²) in [7, 11) is 1.39. The van der Waals surface area contributed by atoms with Crippen molar-refractivity contribution in [2.45, 2.75) is 58.0 Å². The molecule has 2 aliphatic rings. The van der Waals surface area contributed by atoms with Crippen molar-refractivity contribution in [3.8, 4) is 5.75 Å². The van der Waals surface area contributed by atoms with Gasteiger partial charge in [-0.2, -0.15) is 13.2 Å². The number of nitrogens with zero attached hydrogens (tertiary/aromatic N) is 2. The first-order chi connectivity index (χ1) is 19.5. The number of methoxy groups -OCH3 is 1. The molecule has 1 saturated heterocycles. The van der Waals surface area contributed by atoms with E-state index >= 15 is 0 Å². The number of benzene rings is 2. The molecule has 2 fully saturated rings. The molecule has 2 aromatic carbocycles. The number of nitrogens with two attached hydrogens (primary N) is 2. The molecule has 220 valence electrons.